The number of hydrogen-bond acceptors (Lipinski definition) is 2. The van der Waals surface area contributed by atoms with Gasteiger partial charge in [-0.05, 0) is 43.9 Å². The Morgan fingerprint density at radius 1 is 1.11 bits per heavy atom. The summed E-state index contributed by atoms with van der Waals surface area (Å²) in [5.41, 5.74) is 2.98. The van der Waals surface area contributed by atoms with Gasteiger partial charge in [0, 0.05) is 31.4 Å². The molecule has 3 rings (SSSR count). The van der Waals surface area contributed by atoms with Crippen molar-refractivity contribution in [3.8, 4) is 0 Å². The van der Waals surface area contributed by atoms with Gasteiger partial charge in [0.2, 0.25) is 0 Å². The van der Waals surface area contributed by atoms with Crippen LogP contribution in [0.25, 0.3) is 0 Å². The van der Waals surface area contributed by atoms with Gasteiger partial charge in [0.05, 0.1) is 0 Å². The Bertz CT molecular complexity index is 402. The fourth-order valence-corrected chi connectivity index (χ4v) is 3.54. The molecular weight excluding hydrogens is 220 g/mol. The molecule has 1 aromatic carbocycles. The predicted octanol–water partition coefficient (Wildman–Crippen LogP) is 2.92. The molecule has 2 aliphatic heterocycles. The number of hydrogen-bond donors (Lipinski definition) is 0. The highest BCUT2D eigenvalue weighted by atomic mass is 15.3. The largest absolute Gasteiger partial charge is 0.370 e. The van der Waals surface area contributed by atoms with Crippen LogP contribution in [0.15, 0.2) is 24.3 Å². The minimum Gasteiger partial charge on any atom is -0.370 e. The lowest BCUT2D eigenvalue weighted by atomic mass is 10.1. The molecular formula is C16H24N2. The van der Waals surface area contributed by atoms with Gasteiger partial charge in [0.15, 0.2) is 0 Å². The third-order valence-corrected chi connectivity index (χ3v) is 4.52. The Hall–Kier alpha value is -1.02. The molecule has 2 saturated heterocycles. The standard InChI is InChI=1S/C16H24N2/c1-2-14-7-3-4-9-16(14)18-12-6-11-17-10-5-8-15(17)13-18/h3-4,7,9,15H,2,5-6,8,10-13H2,1H3. The number of rotatable bonds is 2. The van der Waals surface area contributed by atoms with Crippen molar-refractivity contribution in [3.63, 3.8) is 0 Å². The van der Waals surface area contributed by atoms with Crippen LogP contribution in [0.3, 0.4) is 0 Å². The van der Waals surface area contributed by atoms with Crippen molar-refractivity contribution in [2.24, 2.45) is 0 Å². The molecule has 1 unspecified atom stereocenters. The summed E-state index contributed by atoms with van der Waals surface area (Å²) in [6.45, 7) is 7.35. The molecule has 2 fully saturated rings. The number of nitrogens with zero attached hydrogens (tertiary/aromatic N) is 2. The summed E-state index contributed by atoms with van der Waals surface area (Å²) < 4.78 is 0. The molecule has 98 valence electrons. The fourth-order valence-electron chi connectivity index (χ4n) is 3.54. The van der Waals surface area contributed by atoms with E-state index in [9.17, 15) is 0 Å². The zero-order chi connectivity index (χ0) is 12.4. The zero-order valence-electron chi connectivity index (χ0n) is 11.4. The number of anilines is 1. The van der Waals surface area contributed by atoms with E-state index in [0.29, 0.717) is 0 Å². The quantitative estimate of drug-likeness (QED) is 0.789. The minimum absolute atomic E-state index is 0.803. The van der Waals surface area contributed by atoms with E-state index in [4.69, 9.17) is 0 Å². The van der Waals surface area contributed by atoms with Crippen LogP contribution in [0.2, 0.25) is 0 Å². The third-order valence-electron chi connectivity index (χ3n) is 4.52. The molecule has 1 aromatic rings. The van der Waals surface area contributed by atoms with Gasteiger partial charge < -0.3 is 4.90 Å². The van der Waals surface area contributed by atoms with Gasteiger partial charge in [0.25, 0.3) is 0 Å². The normalized spacial score (nSPS) is 24.9. The Morgan fingerprint density at radius 2 is 1.94 bits per heavy atom. The van der Waals surface area contributed by atoms with Gasteiger partial charge in [-0.2, -0.15) is 0 Å². The second-order valence-corrected chi connectivity index (χ2v) is 5.61. The topological polar surface area (TPSA) is 6.48 Å². The highest BCUT2D eigenvalue weighted by molar-refractivity contribution is 5.54. The average Bonchev–Trinajstić information content (AvgIpc) is 2.76. The first-order chi connectivity index (χ1) is 8.88. The van der Waals surface area contributed by atoms with Crippen molar-refractivity contribution in [2.45, 2.75) is 38.6 Å². The lowest BCUT2D eigenvalue weighted by molar-refractivity contribution is 0.273. The molecule has 1 atom stereocenters. The van der Waals surface area contributed by atoms with Gasteiger partial charge in [-0.25, -0.2) is 0 Å². The van der Waals surface area contributed by atoms with Crippen molar-refractivity contribution >= 4 is 5.69 Å². The van der Waals surface area contributed by atoms with Crippen LogP contribution in [0.5, 0.6) is 0 Å². The molecule has 18 heavy (non-hydrogen) atoms. The second kappa shape index (κ2) is 5.31. The Kier molecular flexibility index (Phi) is 3.55. The molecule has 0 N–H and O–H groups in total. The molecule has 0 radical (unpaired) electrons. The monoisotopic (exact) mass is 244 g/mol. The SMILES string of the molecule is CCc1ccccc1N1CCCN2CCCC2C1. The summed E-state index contributed by atoms with van der Waals surface area (Å²) in [6, 6.07) is 9.75. The first-order valence-corrected chi connectivity index (χ1v) is 7.45. The van der Waals surface area contributed by atoms with E-state index in [-0.39, 0.29) is 0 Å². The van der Waals surface area contributed by atoms with Crippen molar-refractivity contribution in [1.82, 2.24) is 4.90 Å². The molecule has 0 bridgehead atoms. The van der Waals surface area contributed by atoms with Crippen molar-refractivity contribution in [3.05, 3.63) is 29.8 Å². The van der Waals surface area contributed by atoms with Gasteiger partial charge in [-0.1, -0.05) is 25.1 Å². The molecule has 0 saturated carbocycles. The molecule has 0 amide bonds. The van der Waals surface area contributed by atoms with Gasteiger partial charge in [-0.3, -0.25) is 4.90 Å². The maximum Gasteiger partial charge on any atom is 0.0399 e. The molecule has 0 aliphatic carbocycles. The Morgan fingerprint density at radius 3 is 2.83 bits per heavy atom. The lowest BCUT2D eigenvalue weighted by Gasteiger charge is -2.28. The maximum absolute atomic E-state index is 2.70. The number of aryl methyl sites for hydroxylation is 1. The molecule has 2 heterocycles. The van der Waals surface area contributed by atoms with E-state index >= 15 is 0 Å². The first-order valence-electron chi connectivity index (χ1n) is 7.45. The zero-order valence-corrected chi connectivity index (χ0v) is 11.4. The van der Waals surface area contributed by atoms with E-state index in [0.717, 1.165) is 12.5 Å². The summed E-state index contributed by atoms with van der Waals surface area (Å²) in [6.07, 6.45) is 5.24. The summed E-state index contributed by atoms with van der Waals surface area (Å²) in [7, 11) is 0. The Balaban J connectivity index is 1.82. The van der Waals surface area contributed by atoms with Gasteiger partial charge >= 0.3 is 0 Å². The van der Waals surface area contributed by atoms with Crippen molar-refractivity contribution in [1.29, 1.82) is 0 Å². The first kappa shape index (κ1) is 12.0. The van der Waals surface area contributed by atoms with E-state index in [1.807, 2.05) is 0 Å². The summed E-state index contributed by atoms with van der Waals surface area (Å²) in [4.78, 5) is 5.34. The van der Waals surface area contributed by atoms with Crippen molar-refractivity contribution < 1.29 is 0 Å². The number of fused-ring (bicyclic) bond motifs is 1. The van der Waals surface area contributed by atoms with Crippen LogP contribution in [0.1, 0.15) is 31.7 Å². The van der Waals surface area contributed by atoms with Crippen LogP contribution in [-0.2, 0) is 6.42 Å². The van der Waals surface area contributed by atoms with Gasteiger partial charge in [-0.15, -0.1) is 0 Å². The van der Waals surface area contributed by atoms with Gasteiger partial charge in [0.1, 0.15) is 0 Å². The number of para-hydroxylation sites is 1. The third kappa shape index (κ3) is 2.26. The molecule has 0 spiro atoms. The minimum atomic E-state index is 0.803. The molecule has 0 aromatic heterocycles. The maximum atomic E-state index is 2.70. The van der Waals surface area contributed by atoms with Crippen LogP contribution >= 0.6 is 0 Å². The molecule has 2 aliphatic rings. The van der Waals surface area contributed by atoms with Crippen LogP contribution < -0.4 is 4.90 Å². The predicted molar refractivity (Wildman–Crippen MR) is 77.2 cm³/mol. The highest BCUT2D eigenvalue weighted by Crippen LogP contribution is 2.27. The lowest BCUT2D eigenvalue weighted by Crippen LogP contribution is -2.36. The van der Waals surface area contributed by atoms with Crippen LogP contribution in [-0.4, -0.2) is 37.1 Å². The van der Waals surface area contributed by atoms with E-state index < -0.39 is 0 Å². The smallest absolute Gasteiger partial charge is 0.0399 e. The molecule has 2 nitrogen and oxygen atoms in total. The summed E-state index contributed by atoms with van der Waals surface area (Å²) in [5.74, 6) is 0. The van der Waals surface area contributed by atoms with Crippen molar-refractivity contribution in [2.75, 3.05) is 31.1 Å². The second-order valence-electron chi connectivity index (χ2n) is 5.61. The summed E-state index contributed by atoms with van der Waals surface area (Å²) >= 11 is 0. The average molecular weight is 244 g/mol. The van der Waals surface area contributed by atoms with Crippen LogP contribution in [0, 0.1) is 0 Å². The Labute approximate surface area is 111 Å². The highest BCUT2D eigenvalue weighted by Gasteiger charge is 2.29. The fraction of sp³-hybridized carbons (Fsp3) is 0.625. The summed E-state index contributed by atoms with van der Waals surface area (Å²) in [5, 5.41) is 0. The van der Waals surface area contributed by atoms with Crippen LogP contribution in [0.4, 0.5) is 5.69 Å². The van der Waals surface area contributed by atoms with E-state index in [2.05, 4.69) is 41.0 Å². The molecule has 2 heteroatoms. The number of benzene rings is 1. The van der Waals surface area contributed by atoms with E-state index in [1.165, 1.54) is 56.7 Å². The van der Waals surface area contributed by atoms with E-state index in [1.54, 1.807) is 0 Å².